The van der Waals surface area contributed by atoms with E-state index >= 15 is 0 Å². The molecule has 1 aromatic carbocycles. The van der Waals surface area contributed by atoms with Crippen molar-refractivity contribution in [2.24, 2.45) is 5.41 Å². The van der Waals surface area contributed by atoms with Crippen molar-refractivity contribution in [1.29, 1.82) is 0 Å². The fourth-order valence-electron chi connectivity index (χ4n) is 4.20. The first-order chi connectivity index (χ1) is 10.7. The van der Waals surface area contributed by atoms with E-state index in [0.29, 0.717) is 0 Å². The largest absolute Gasteiger partial charge is 0.416 e. The molecule has 0 N–H and O–H groups in total. The second kappa shape index (κ2) is 4.85. The van der Waals surface area contributed by atoms with Gasteiger partial charge in [-0.3, -0.25) is 0 Å². The van der Waals surface area contributed by atoms with Crippen molar-refractivity contribution in [2.45, 2.75) is 90.4 Å². The molecule has 0 amide bonds. The highest BCUT2D eigenvalue weighted by Crippen LogP contribution is 2.61. The predicted octanol–water partition coefficient (Wildman–Crippen LogP) is 5.30. The van der Waals surface area contributed by atoms with Gasteiger partial charge in [-0.15, -0.1) is 0 Å². The molecule has 1 saturated heterocycles. The number of fused-ring (bicyclic) bond motifs is 1. The lowest BCUT2D eigenvalue weighted by Crippen LogP contribution is -2.42. The molecule has 1 fully saturated rings. The van der Waals surface area contributed by atoms with Crippen molar-refractivity contribution in [1.82, 2.24) is 0 Å². The van der Waals surface area contributed by atoms with E-state index in [4.69, 9.17) is 4.65 Å². The Morgan fingerprint density at radius 1 is 0.792 bits per heavy atom. The first-order valence-corrected chi connectivity index (χ1v) is 10.0. The van der Waals surface area contributed by atoms with Crippen LogP contribution in [0, 0.1) is 5.41 Å². The zero-order valence-corrected chi connectivity index (χ0v) is 17.9. The standard InChI is InChI=1S/C21H33BOS/c1-17(2)15-12-11-14(13-16(15)18(3,4)19(17,5)6)22-23-20(7,8)21(9,10)24-22/h11-13H,1-10H3. The van der Waals surface area contributed by atoms with Crippen molar-refractivity contribution >= 4 is 23.3 Å². The van der Waals surface area contributed by atoms with E-state index in [1.807, 2.05) is 11.6 Å². The van der Waals surface area contributed by atoms with E-state index in [1.165, 1.54) is 16.6 Å². The second-order valence-electron chi connectivity index (χ2n) is 10.3. The second-order valence-corrected chi connectivity index (χ2v) is 12.0. The minimum absolute atomic E-state index is 0.116. The minimum atomic E-state index is -0.116. The Kier molecular flexibility index (Phi) is 3.72. The fourth-order valence-corrected chi connectivity index (χ4v) is 5.64. The molecule has 0 spiro atoms. The average molecular weight is 344 g/mol. The summed E-state index contributed by atoms with van der Waals surface area (Å²) in [4.78, 5) is 0. The summed E-state index contributed by atoms with van der Waals surface area (Å²) in [6.07, 6.45) is 0.128. The maximum atomic E-state index is 6.44. The number of rotatable bonds is 1. The molecule has 3 rings (SSSR count). The predicted molar refractivity (Wildman–Crippen MR) is 108 cm³/mol. The van der Waals surface area contributed by atoms with Gasteiger partial charge in [0.05, 0.1) is 5.60 Å². The summed E-state index contributed by atoms with van der Waals surface area (Å²) in [6, 6.07) is 7.09. The van der Waals surface area contributed by atoms with Crippen LogP contribution in [0.1, 0.15) is 80.4 Å². The van der Waals surface area contributed by atoms with Crippen molar-refractivity contribution < 1.29 is 4.65 Å². The summed E-state index contributed by atoms with van der Waals surface area (Å²) in [5.74, 6) is 0. The van der Waals surface area contributed by atoms with Crippen LogP contribution in [0.25, 0.3) is 0 Å². The van der Waals surface area contributed by atoms with Gasteiger partial charge in [-0.2, -0.15) is 11.6 Å². The molecule has 0 saturated carbocycles. The average Bonchev–Trinajstić information content (AvgIpc) is 2.71. The first kappa shape index (κ1) is 18.4. The Morgan fingerprint density at radius 2 is 1.33 bits per heavy atom. The SMILES string of the molecule is CC1(C)OB(c2ccc3c(c2)C(C)(C)C(C)(C)C3(C)C)SC1(C)C. The topological polar surface area (TPSA) is 9.23 Å². The lowest BCUT2D eigenvalue weighted by Gasteiger charge is -2.44. The summed E-state index contributed by atoms with van der Waals surface area (Å²) in [5.41, 5.74) is 4.74. The fraction of sp³-hybridized carbons (Fsp3) is 0.714. The van der Waals surface area contributed by atoms with Gasteiger partial charge in [-0.05, 0) is 60.5 Å². The molecular weight excluding hydrogens is 311 g/mol. The molecule has 1 aromatic rings. The van der Waals surface area contributed by atoms with Gasteiger partial charge in [0.15, 0.2) is 0 Å². The van der Waals surface area contributed by atoms with Crippen LogP contribution >= 0.6 is 11.6 Å². The molecule has 2 aliphatic rings. The van der Waals surface area contributed by atoms with Gasteiger partial charge in [0.2, 0.25) is 0 Å². The van der Waals surface area contributed by atoms with Crippen LogP contribution in [0.4, 0.5) is 0 Å². The molecule has 1 heterocycles. The highest BCUT2D eigenvalue weighted by Gasteiger charge is 2.57. The molecular formula is C21H33BOS. The van der Waals surface area contributed by atoms with Crippen molar-refractivity contribution in [3.63, 3.8) is 0 Å². The highest BCUT2D eigenvalue weighted by atomic mass is 32.2. The molecule has 3 heteroatoms. The Labute approximate surface area is 153 Å². The highest BCUT2D eigenvalue weighted by molar-refractivity contribution is 8.27. The minimum Gasteiger partial charge on any atom is -0.416 e. The summed E-state index contributed by atoms with van der Waals surface area (Å²) < 4.78 is 6.56. The Hall–Kier alpha value is -0.405. The molecule has 1 nitrogen and oxygen atoms in total. The van der Waals surface area contributed by atoms with E-state index in [0.717, 1.165) is 0 Å². The Morgan fingerprint density at radius 3 is 1.83 bits per heavy atom. The van der Waals surface area contributed by atoms with Crippen LogP contribution in [-0.4, -0.2) is 16.5 Å². The zero-order chi connectivity index (χ0) is 18.3. The molecule has 132 valence electrons. The van der Waals surface area contributed by atoms with Gasteiger partial charge in [-0.25, -0.2) is 0 Å². The Bertz CT molecular complexity index is 669. The van der Waals surface area contributed by atoms with Crippen LogP contribution in [0.2, 0.25) is 0 Å². The van der Waals surface area contributed by atoms with E-state index in [2.05, 4.69) is 87.4 Å². The molecule has 1 aliphatic heterocycles. The molecule has 0 bridgehead atoms. The monoisotopic (exact) mass is 344 g/mol. The van der Waals surface area contributed by atoms with Gasteiger partial charge in [0, 0.05) is 4.75 Å². The van der Waals surface area contributed by atoms with Gasteiger partial charge in [-0.1, -0.05) is 59.7 Å². The van der Waals surface area contributed by atoms with Crippen molar-refractivity contribution in [3.8, 4) is 0 Å². The molecule has 0 aromatic heterocycles. The third-order valence-electron chi connectivity index (χ3n) is 8.04. The van der Waals surface area contributed by atoms with E-state index < -0.39 is 0 Å². The quantitative estimate of drug-likeness (QED) is 0.640. The number of benzene rings is 1. The molecule has 0 atom stereocenters. The molecule has 0 unspecified atom stereocenters. The van der Waals surface area contributed by atoms with Crippen LogP contribution in [0.15, 0.2) is 18.2 Å². The van der Waals surface area contributed by atoms with Crippen LogP contribution in [0.5, 0.6) is 0 Å². The smallest absolute Gasteiger partial charge is 0.397 e. The summed E-state index contributed by atoms with van der Waals surface area (Å²) in [7, 11) is 0. The van der Waals surface area contributed by atoms with E-state index in [-0.39, 0.29) is 32.8 Å². The Balaban J connectivity index is 2.07. The van der Waals surface area contributed by atoms with Gasteiger partial charge >= 0.3 is 6.19 Å². The maximum absolute atomic E-state index is 6.44. The van der Waals surface area contributed by atoms with Crippen molar-refractivity contribution in [2.75, 3.05) is 0 Å². The van der Waals surface area contributed by atoms with Crippen LogP contribution in [-0.2, 0) is 15.5 Å². The number of hydrogen-bond donors (Lipinski definition) is 0. The third-order valence-corrected chi connectivity index (χ3v) is 9.70. The normalized spacial score (nSPS) is 28.0. The zero-order valence-electron chi connectivity index (χ0n) is 17.1. The summed E-state index contributed by atoms with van der Waals surface area (Å²) in [6.45, 7) is 23.4. The lowest BCUT2D eigenvalue weighted by molar-refractivity contribution is 0.0938. The summed E-state index contributed by atoms with van der Waals surface area (Å²) in [5, 5.41) is 0. The van der Waals surface area contributed by atoms with E-state index in [1.54, 1.807) is 0 Å². The van der Waals surface area contributed by atoms with Crippen LogP contribution < -0.4 is 5.46 Å². The van der Waals surface area contributed by atoms with Crippen molar-refractivity contribution in [3.05, 3.63) is 29.3 Å². The molecule has 0 radical (unpaired) electrons. The van der Waals surface area contributed by atoms with E-state index in [9.17, 15) is 0 Å². The van der Waals surface area contributed by atoms with Gasteiger partial charge in [0.25, 0.3) is 0 Å². The van der Waals surface area contributed by atoms with Gasteiger partial charge in [0.1, 0.15) is 0 Å². The molecule has 1 aliphatic carbocycles. The summed E-state index contributed by atoms with van der Waals surface area (Å²) >= 11 is 1.95. The van der Waals surface area contributed by atoms with Crippen LogP contribution in [0.3, 0.4) is 0 Å². The molecule has 24 heavy (non-hydrogen) atoms. The first-order valence-electron chi connectivity index (χ1n) is 9.16. The maximum Gasteiger partial charge on any atom is 0.397 e. The third kappa shape index (κ3) is 2.13. The lowest BCUT2D eigenvalue weighted by atomic mass is 9.59. The van der Waals surface area contributed by atoms with Gasteiger partial charge < -0.3 is 4.65 Å². The number of hydrogen-bond acceptors (Lipinski definition) is 2.